The van der Waals surface area contributed by atoms with Crippen molar-refractivity contribution in [1.29, 1.82) is 0 Å². The van der Waals surface area contributed by atoms with E-state index in [1.54, 1.807) is 29.1 Å². The van der Waals surface area contributed by atoms with Gasteiger partial charge >= 0.3 is 6.09 Å². The number of ether oxygens (including phenoxy) is 1. The van der Waals surface area contributed by atoms with E-state index in [0.717, 1.165) is 43.2 Å². The average molecular weight is 452 g/mol. The molecule has 0 saturated carbocycles. The molecule has 0 aliphatic carbocycles. The standard InChI is InChI=1S/C24H29N5O2S/c1-19(32-23-26-11-12-27-23)21-6-8-22(9-7-21)31-24(30)29-16-14-28(15-17-29)13-3-5-20-4-2-10-25-18-20/h2,4,6-12,18-19H,3,5,13-17H2,1H3,(H,26,27). The number of carbonyl (C=O) groups is 1. The fraction of sp³-hybridized carbons (Fsp3) is 0.375. The Hall–Kier alpha value is -2.84. The summed E-state index contributed by atoms with van der Waals surface area (Å²) in [6.45, 7) is 6.31. The topological polar surface area (TPSA) is 74.3 Å². The van der Waals surface area contributed by atoms with Crippen LogP contribution >= 0.6 is 11.8 Å². The Balaban J connectivity index is 1.18. The molecule has 1 aliphatic heterocycles. The number of hydrogen-bond acceptors (Lipinski definition) is 6. The van der Waals surface area contributed by atoms with Crippen LogP contribution in [-0.4, -0.2) is 63.6 Å². The Morgan fingerprint density at radius 2 is 1.97 bits per heavy atom. The summed E-state index contributed by atoms with van der Waals surface area (Å²) in [5.74, 6) is 0.577. The van der Waals surface area contributed by atoms with Crippen LogP contribution in [0.1, 0.15) is 29.7 Å². The molecule has 0 spiro atoms. The van der Waals surface area contributed by atoms with Crippen LogP contribution in [0.15, 0.2) is 66.3 Å². The van der Waals surface area contributed by atoms with Gasteiger partial charge in [0.15, 0.2) is 5.16 Å². The second-order valence-corrected chi connectivity index (χ2v) is 9.21. The number of nitrogens with zero attached hydrogens (tertiary/aromatic N) is 4. The van der Waals surface area contributed by atoms with Gasteiger partial charge in [-0.2, -0.15) is 0 Å². The van der Waals surface area contributed by atoms with Crippen molar-refractivity contribution < 1.29 is 9.53 Å². The summed E-state index contributed by atoms with van der Waals surface area (Å²) in [6, 6.07) is 11.8. The van der Waals surface area contributed by atoms with Gasteiger partial charge in [0.1, 0.15) is 5.75 Å². The van der Waals surface area contributed by atoms with Gasteiger partial charge in [-0.3, -0.25) is 9.88 Å². The van der Waals surface area contributed by atoms with Gasteiger partial charge in [-0.05, 0) is 55.6 Å². The normalized spacial score (nSPS) is 15.5. The minimum absolute atomic E-state index is 0.247. The van der Waals surface area contributed by atoms with E-state index in [4.69, 9.17) is 4.74 Å². The summed E-state index contributed by atoms with van der Waals surface area (Å²) < 4.78 is 5.60. The lowest BCUT2D eigenvalue weighted by Gasteiger charge is -2.34. The number of nitrogens with one attached hydrogen (secondary N) is 1. The summed E-state index contributed by atoms with van der Waals surface area (Å²) in [5.41, 5.74) is 2.43. The number of aryl methyl sites for hydroxylation is 1. The van der Waals surface area contributed by atoms with Crippen molar-refractivity contribution in [2.45, 2.75) is 30.2 Å². The molecule has 1 aromatic carbocycles. The van der Waals surface area contributed by atoms with Crippen LogP contribution in [0.5, 0.6) is 5.75 Å². The number of hydrogen-bond donors (Lipinski definition) is 1. The van der Waals surface area contributed by atoms with Gasteiger partial charge in [0.05, 0.1) is 0 Å². The molecule has 7 nitrogen and oxygen atoms in total. The number of aromatic nitrogens is 3. The van der Waals surface area contributed by atoms with Gasteiger partial charge in [-0.15, -0.1) is 0 Å². The molecule has 168 valence electrons. The fourth-order valence-electron chi connectivity index (χ4n) is 3.73. The second-order valence-electron chi connectivity index (χ2n) is 7.88. The highest BCUT2D eigenvalue weighted by Crippen LogP contribution is 2.33. The number of carbonyl (C=O) groups excluding carboxylic acids is 1. The molecule has 1 aliphatic rings. The van der Waals surface area contributed by atoms with E-state index in [1.165, 1.54) is 5.56 Å². The maximum atomic E-state index is 12.6. The van der Waals surface area contributed by atoms with Crippen LogP contribution in [0.4, 0.5) is 4.79 Å². The molecule has 1 N–H and O–H groups in total. The smallest absolute Gasteiger partial charge is 0.410 e. The van der Waals surface area contributed by atoms with Crippen LogP contribution in [-0.2, 0) is 6.42 Å². The molecule has 0 radical (unpaired) electrons. The van der Waals surface area contributed by atoms with Crippen molar-refractivity contribution >= 4 is 17.9 Å². The lowest BCUT2D eigenvalue weighted by Crippen LogP contribution is -2.49. The monoisotopic (exact) mass is 451 g/mol. The van der Waals surface area contributed by atoms with Crippen LogP contribution in [0.25, 0.3) is 0 Å². The minimum Gasteiger partial charge on any atom is -0.410 e. The summed E-state index contributed by atoms with van der Waals surface area (Å²) in [6.07, 6.45) is 9.16. The number of H-pyrrole nitrogens is 1. The number of imidazole rings is 1. The van der Waals surface area contributed by atoms with Crippen LogP contribution in [0.3, 0.4) is 0 Å². The van der Waals surface area contributed by atoms with Crippen LogP contribution in [0, 0.1) is 0 Å². The quantitative estimate of drug-likeness (QED) is 0.512. The first kappa shape index (κ1) is 22.4. The number of rotatable bonds is 8. The predicted octanol–water partition coefficient (Wildman–Crippen LogP) is 4.41. The van der Waals surface area contributed by atoms with E-state index in [2.05, 4.69) is 32.8 Å². The molecule has 1 atom stereocenters. The predicted molar refractivity (Wildman–Crippen MR) is 126 cm³/mol. The van der Waals surface area contributed by atoms with Gasteiger partial charge < -0.3 is 14.6 Å². The molecule has 1 fully saturated rings. The third-order valence-corrected chi connectivity index (χ3v) is 6.68. The third-order valence-electron chi connectivity index (χ3n) is 5.61. The number of thioether (sulfide) groups is 1. The lowest BCUT2D eigenvalue weighted by molar-refractivity contribution is 0.110. The van der Waals surface area contributed by atoms with Crippen molar-refractivity contribution in [2.24, 2.45) is 0 Å². The zero-order chi connectivity index (χ0) is 22.2. The summed E-state index contributed by atoms with van der Waals surface area (Å²) in [4.78, 5) is 28.3. The molecule has 4 rings (SSSR count). The SMILES string of the molecule is CC(Sc1ncc[nH]1)c1ccc(OC(=O)N2CCN(CCCc3cccnc3)CC2)cc1. The highest BCUT2D eigenvalue weighted by Gasteiger charge is 2.22. The molecule has 8 heteroatoms. The van der Waals surface area contributed by atoms with Crippen LogP contribution in [0.2, 0.25) is 0 Å². The molecular formula is C24H29N5O2S. The molecular weight excluding hydrogens is 422 g/mol. The van der Waals surface area contributed by atoms with Gasteiger partial charge in [-0.25, -0.2) is 9.78 Å². The Bertz CT molecular complexity index is 958. The van der Waals surface area contributed by atoms with Crippen molar-refractivity contribution in [3.63, 3.8) is 0 Å². The highest BCUT2D eigenvalue weighted by atomic mass is 32.2. The average Bonchev–Trinajstić information content (AvgIpc) is 3.34. The lowest BCUT2D eigenvalue weighted by atomic mass is 10.1. The van der Waals surface area contributed by atoms with Crippen molar-refractivity contribution in [1.82, 2.24) is 24.8 Å². The van der Waals surface area contributed by atoms with Gasteiger partial charge in [0.25, 0.3) is 0 Å². The molecule has 3 aromatic rings. The minimum atomic E-state index is -0.272. The highest BCUT2D eigenvalue weighted by molar-refractivity contribution is 7.99. The van der Waals surface area contributed by atoms with Crippen molar-refractivity contribution in [2.75, 3.05) is 32.7 Å². The number of pyridine rings is 1. The summed E-state index contributed by atoms with van der Waals surface area (Å²) >= 11 is 1.66. The van der Waals surface area contributed by atoms with E-state index in [-0.39, 0.29) is 11.3 Å². The first-order valence-corrected chi connectivity index (χ1v) is 11.9. The summed E-state index contributed by atoms with van der Waals surface area (Å²) in [5, 5.41) is 1.14. The molecule has 1 saturated heterocycles. The zero-order valence-corrected chi connectivity index (χ0v) is 19.1. The number of piperazine rings is 1. The Morgan fingerprint density at radius 3 is 2.66 bits per heavy atom. The first-order chi connectivity index (χ1) is 15.7. The molecule has 1 amide bonds. The number of aromatic amines is 1. The molecule has 3 heterocycles. The van der Waals surface area contributed by atoms with Gasteiger partial charge in [-0.1, -0.05) is 30.0 Å². The van der Waals surface area contributed by atoms with Gasteiger partial charge in [0.2, 0.25) is 0 Å². The molecule has 2 aromatic heterocycles. The van der Waals surface area contributed by atoms with E-state index < -0.39 is 0 Å². The number of benzene rings is 1. The Kier molecular flexibility index (Phi) is 7.79. The largest absolute Gasteiger partial charge is 0.415 e. The molecule has 1 unspecified atom stereocenters. The van der Waals surface area contributed by atoms with E-state index in [1.807, 2.05) is 42.7 Å². The van der Waals surface area contributed by atoms with E-state index in [0.29, 0.717) is 18.8 Å². The first-order valence-electron chi connectivity index (χ1n) is 11.0. The Morgan fingerprint density at radius 1 is 1.16 bits per heavy atom. The van der Waals surface area contributed by atoms with E-state index >= 15 is 0 Å². The summed E-state index contributed by atoms with van der Waals surface area (Å²) in [7, 11) is 0. The number of amides is 1. The maximum Gasteiger partial charge on any atom is 0.415 e. The zero-order valence-electron chi connectivity index (χ0n) is 18.3. The molecule has 0 bridgehead atoms. The van der Waals surface area contributed by atoms with E-state index in [9.17, 15) is 4.79 Å². The maximum absolute atomic E-state index is 12.6. The van der Waals surface area contributed by atoms with Crippen molar-refractivity contribution in [3.05, 3.63) is 72.3 Å². The second kappa shape index (κ2) is 11.2. The molecule has 32 heavy (non-hydrogen) atoms. The van der Waals surface area contributed by atoms with Gasteiger partial charge in [0, 0.05) is 56.2 Å². The van der Waals surface area contributed by atoms with Crippen molar-refractivity contribution in [3.8, 4) is 5.75 Å². The van der Waals surface area contributed by atoms with Crippen LogP contribution < -0.4 is 4.74 Å². The Labute approximate surface area is 193 Å². The fourth-order valence-corrected chi connectivity index (χ4v) is 4.62. The third kappa shape index (κ3) is 6.34.